The van der Waals surface area contributed by atoms with Gasteiger partial charge >= 0.3 is 5.97 Å². The molecule has 1 atom stereocenters. The lowest BCUT2D eigenvalue weighted by molar-refractivity contribution is -0.154. The summed E-state index contributed by atoms with van der Waals surface area (Å²) in [6, 6.07) is 18.6. The third kappa shape index (κ3) is 3.94. The fourth-order valence-electron chi connectivity index (χ4n) is 3.78. The molecule has 0 aliphatic carbocycles. The minimum Gasteiger partial charge on any atom is -0.497 e. The standard InChI is InChI=1S/C24H23NO5/c1-28-20-9-7-16-8-10-21(12-19(16)11-20)30-15-23(26)25-14-18-6-4-3-5-17(18)13-22(25)24(27)29-2/h3-12,22H,13-15H2,1-2H3/t22-/m0/s1. The molecule has 0 unspecified atom stereocenters. The van der Waals surface area contributed by atoms with Crippen LogP contribution in [0.2, 0.25) is 0 Å². The van der Waals surface area contributed by atoms with Crippen molar-refractivity contribution in [1.82, 2.24) is 4.90 Å². The maximum atomic E-state index is 12.9. The van der Waals surface area contributed by atoms with Crippen molar-refractivity contribution in [2.24, 2.45) is 0 Å². The van der Waals surface area contributed by atoms with Gasteiger partial charge in [-0.1, -0.05) is 36.4 Å². The normalized spacial score (nSPS) is 15.4. The number of methoxy groups -OCH3 is 2. The molecule has 1 aliphatic rings. The molecule has 4 rings (SSSR count). The van der Waals surface area contributed by atoms with Crippen molar-refractivity contribution in [1.29, 1.82) is 0 Å². The number of fused-ring (bicyclic) bond motifs is 2. The average Bonchev–Trinajstić information content (AvgIpc) is 2.80. The summed E-state index contributed by atoms with van der Waals surface area (Å²) < 4.78 is 16.0. The first-order valence-electron chi connectivity index (χ1n) is 9.73. The molecule has 6 heteroatoms. The second kappa shape index (κ2) is 8.45. The second-order valence-corrected chi connectivity index (χ2v) is 7.20. The van der Waals surface area contributed by atoms with Crippen molar-refractivity contribution in [3.8, 4) is 11.5 Å². The van der Waals surface area contributed by atoms with Gasteiger partial charge in [-0.3, -0.25) is 4.79 Å². The van der Waals surface area contributed by atoms with Crippen molar-refractivity contribution >= 4 is 22.6 Å². The van der Waals surface area contributed by atoms with Crippen LogP contribution in [0.5, 0.6) is 11.5 Å². The lowest BCUT2D eigenvalue weighted by Gasteiger charge is -2.35. The molecule has 6 nitrogen and oxygen atoms in total. The Morgan fingerprint density at radius 2 is 1.63 bits per heavy atom. The molecule has 0 radical (unpaired) electrons. The molecule has 0 fully saturated rings. The molecule has 0 aromatic heterocycles. The van der Waals surface area contributed by atoms with Crippen molar-refractivity contribution in [3.05, 3.63) is 71.8 Å². The minimum atomic E-state index is -0.651. The van der Waals surface area contributed by atoms with Crippen LogP contribution in [0.25, 0.3) is 10.8 Å². The average molecular weight is 405 g/mol. The van der Waals surface area contributed by atoms with Gasteiger partial charge in [-0.15, -0.1) is 0 Å². The molecule has 1 aliphatic heterocycles. The number of hydrogen-bond acceptors (Lipinski definition) is 5. The highest BCUT2D eigenvalue weighted by molar-refractivity contribution is 5.87. The third-order valence-electron chi connectivity index (χ3n) is 5.42. The summed E-state index contributed by atoms with van der Waals surface area (Å²) in [4.78, 5) is 26.8. The number of esters is 1. The van der Waals surface area contributed by atoms with Gasteiger partial charge in [-0.2, -0.15) is 0 Å². The molecule has 0 bridgehead atoms. The Hall–Kier alpha value is -3.54. The Bertz CT molecular complexity index is 1090. The van der Waals surface area contributed by atoms with Crippen molar-refractivity contribution < 1.29 is 23.8 Å². The molecule has 1 amide bonds. The van der Waals surface area contributed by atoms with E-state index in [0.717, 1.165) is 27.6 Å². The van der Waals surface area contributed by atoms with E-state index in [2.05, 4.69) is 0 Å². The Kier molecular flexibility index (Phi) is 5.57. The molecule has 0 saturated carbocycles. The van der Waals surface area contributed by atoms with Crippen LogP contribution in [-0.4, -0.2) is 43.6 Å². The monoisotopic (exact) mass is 405 g/mol. The van der Waals surface area contributed by atoms with Crippen LogP contribution in [0.3, 0.4) is 0 Å². The number of carbonyl (C=O) groups excluding carboxylic acids is 2. The van der Waals surface area contributed by atoms with E-state index in [-0.39, 0.29) is 12.5 Å². The van der Waals surface area contributed by atoms with Gasteiger partial charge in [0.15, 0.2) is 6.61 Å². The quantitative estimate of drug-likeness (QED) is 0.609. The van der Waals surface area contributed by atoms with Crippen molar-refractivity contribution in [3.63, 3.8) is 0 Å². The van der Waals surface area contributed by atoms with Crippen LogP contribution >= 0.6 is 0 Å². The Morgan fingerprint density at radius 3 is 2.37 bits per heavy atom. The van der Waals surface area contributed by atoms with Gasteiger partial charge in [0.25, 0.3) is 5.91 Å². The molecular weight excluding hydrogens is 382 g/mol. The van der Waals surface area contributed by atoms with Crippen LogP contribution in [0, 0.1) is 0 Å². The van der Waals surface area contributed by atoms with Crippen LogP contribution in [0.15, 0.2) is 60.7 Å². The Balaban J connectivity index is 1.51. The second-order valence-electron chi connectivity index (χ2n) is 7.20. The zero-order valence-corrected chi connectivity index (χ0v) is 17.0. The van der Waals surface area contributed by atoms with E-state index in [9.17, 15) is 9.59 Å². The predicted octanol–water partition coefficient (Wildman–Crippen LogP) is 3.35. The number of amides is 1. The van der Waals surface area contributed by atoms with Crippen LogP contribution in [0.1, 0.15) is 11.1 Å². The highest BCUT2D eigenvalue weighted by atomic mass is 16.5. The smallest absolute Gasteiger partial charge is 0.328 e. The Labute approximate surface area is 175 Å². The number of ether oxygens (including phenoxy) is 3. The number of benzene rings is 3. The van der Waals surface area contributed by atoms with Gasteiger partial charge in [-0.25, -0.2) is 4.79 Å². The SMILES string of the molecule is COC(=O)[C@@H]1Cc2ccccc2CN1C(=O)COc1ccc2ccc(OC)cc2c1. The summed E-state index contributed by atoms with van der Waals surface area (Å²) in [5, 5.41) is 2.01. The highest BCUT2D eigenvalue weighted by Gasteiger charge is 2.35. The molecule has 30 heavy (non-hydrogen) atoms. The van der Waals surface area contributed by atoms with E-state index < -0.39 is 12.0 Å². The first kappa shape index (κ1) is 19.8. The summed E-state index contributed by atoms with van der Waals surface area (Å²) >= 11 is 0. The number of nitrogens with zero attached hydrogens (tertiary/aromatic N) is 1. The Morgan fingerprint density at radius 1 is 0.933 bits per heavy atom. The molecule has 3 aromatic carbocycles. The topological polar surface area (TPSA) is 65.1 Å². The van der Waals surface area contributed by atoms with E-state index in [1.165, 1.54) is 12.0 Å². The summed E-state index contributed by atoms with van der Waals surface area (Å²) in [6.45, 7) is 0.193. The summed E-state index contributed by atoms with van der Waals surface area (Å²) in [7, 11) is 2.96. The largest absolute Gasteiger partial charge is 0.497 e. The first-order valence-corrected chi connectivity index (χ1v) is 9.73. The van der Waals surface area contributed by atoms with E-state index in [1.807, 2.05) is 60.7 Å². The molecule has 0 spiro atoms. The van der Waals surface area contributed by atoms with Gasteiger partial charge < -0.3 is 19.1 Å². The zero-order chi connectivity index (χ0) is 21.1. The van der Waals surface area contributed by atoms with Gasteiger partial charge in [0.1, 0.15) is 17.5 Å². The fourth-order valence-corrected chi connectivity index (χ4v) is 3.78. The van der Waals surface area contributed by atoms with E-state index in [1.54, 1.807) is 7.11 Å². The maximum Gasteiger partial charge on any atom is 0.328 e. The van der Waals surface area contributed by atoms with E-state index in [0.29, 0.717) is 18.7 Å². The van der Waals surface area contributed by atoms with Crippen molar-refractivity contribution in [2.45, 2.75) is 19.0 Å². The number of hydrogen-bond donors (Lipinski definition) is 0. The van der Waals surface area contributed by atoms with E-state index in [4.69, 9.17) is 14.2 Å². The van der Waals surface area contributed by atoms with Gasteiger partial charge in [0.2, 0.25) is 0 Å². The third-order valence-corrected chi connectivity index (χ3v) is 5.42. The van der Waals surface area contributed by atoms with Gasteiger partial charge in [0.05, 0.1) is 14.2 Å². The summed E-state index contributed by atoms with van der Waals surface area (Å²) in [5.41, 5.74) is 2.09. The molecule has 154 valence electrons. The lowest BCUT2D eigenvalue weighted by Crippen LogP contribution is -2.50. The first-order chi connectivity index (χ1) is 14.6. The number of carbonyl (C=O) groups is 2. The molecule has 1 heterocycles. The van der Waals surface area contributed by atoms with Crippen LogP contribution in [-0.2, 0) is 27.3 Å². The van der Waals surface area contributed by atoms with Crippen LogP contribution < -0.4 is 9.47 Å². The molecule has 0 saturated heterocycles. The van der Waals surface area contributed by atoms with Crippen LogP contribution in [0.4, 0.5) is 0 Å². The maximum absolute atomic E-state index is 12.9. The summed E-state index contributed by atoms with van der Waals surface area (Å²) in [5.74, 6) is 0.654. The van der Waals surface area contributed by atoms with Gasteiger partial charge in [0, 0.05) is 13.0 Å². The zero-order valence-electron chi connectivity index (χ0n) is 17.0. The molecule has 3 aromatic rings. The minimum absolute atomic E-state index is 0.162. The molecular formula is C24H23NO5. The highest BCUT2D eigenvalue weighted by Crippen LogP contribution is 2.26. The van der Waals surface area contributed by atoms with E-state index >= 15 is 0 Å². The lowest BCUT2D eigenvalue weighted by atomic mass is 9.94. The van der Waals surface area contributed by atoms with Gasteiger partial charge in [-0.05, 0) is 46.2 Å². The summed E-state index contributed by atoms with van der Waals surface area (Å²) in [6.07, 6.45) is 0.435. The predicted molar refractivity (Wildman–Crippen MR) is 112 cm³/mol. The molecule has 0 N–H and O–H groups in total. The fraction of sp³-hybridized carbons (Fsp3) is 0.250. The van der Waals surface area contributed by atoms with Crippen molar-refractivity contribution in [2.75, 3.05) is 20.8 Å². The number of rotatable bonds is 5.